The number of ether oxygens (including phenoxy) is 1. The van der Waals surface area contributed by atoms with Crippen LogP contribution in [0.25, 0.3) is 0 Å². The number of nitrogens with one attached hydrogen (secondary N) is 1. The minimum atomic E-state index is -0.464. The molecule has 0 unspecified atom stereocenters. The van der Waals surface area contributed by atoms with Crippen molar-refractivity contribution >= 4 is 45.8 Å². The number of halogens is 2. The van der Waals surface area contributed by atoms with Crippen LogP contribution < -0.4 is 5.32 Å². The van der Waals surface area contributed by atoms with Crippen LogP contribution in [0.3, 0.4) is 0 Å². The largest absolute Gasteiger partial charge is 0.459 e. The van der Waals surface area contributed by atoms with E-state index < -0.39 is 5.60 Å². The Bertz CT molecular complexity index is 415. The second-order valence-electron chi connectivity index (χ2n) is 4.56. The number of carbonyl (C=O) groups excluding carboxylic acids is 1. The molecule has 1 aromatic rings. The Morgan fingerprint density at radius 2 is 2.12 bits per heavy atom. The SMILES string of the molecule is CC(C)(C)OC(=O)CNc1ccc(I)cc1Cl. The van der Waals surface area contributed by atoms with Gasteiger partial charge in [-0.25, -0.2) is 0 Å². The van der Waals surface area contributed by atoms with Crippen molar-refractivity contribution in [2.45, 2.75) is 26.4 Å². The molecule has 0 saturated carbocycles. The summed E-state index contributed by atoms with van der Waals surface area (Å²) < 4.78 is 6.23. The molecule has 0 aliphatic heterocycles. The molecule has 94 valence electrons. The molecular formula is C12H15ClINO2. The van der Waals surface area contributed by atoms with Gasteiger partial charge in [-0.1, -0.05) is 11.6 Å². The van der Waals surface area contributed by atoms with Crippen molar-refractivity contribution in [2.24, 2.45) is 0 Å². The fourth-order valence-corrected chi connectivity index (χ4v) is 2.10. The number of hydrogen-bond donors (Lipinski definition) is 1. The molecule has 1 N–H and O–H groups in total. The van der Waals surface area contributed by atoms with Gasteiger partial charge in [0.25, 0.3) is 0 Å². The lowest BCUT2D eigenvalue weighted by Crippen LogP contribution is -2.28. The van der Waals surface area contributed by atoms with Crippen LogP contribution in [0.4, 0.5) is 5.69 Å². The van der Waals surface area contributed by atoms with Crippen LogP contribution in [0.1, 0.15) is 20.8 Å². The van der Waals surface area contributed by atoms with Gasteiger partial charge in [-0.05, 0) is 61.6 Å². The van der Waals surface area contributed by atoms with E-state index in [1.807, 2.05) is 39.0 Å². The molecule has 0 heterocycles. The quantitative estimate of drug-likeness (QED) is 0.654. The summed E-state index contributed by atoms with van der Waals surface area (Å²) in [5, 5.41) is 3.55. The highest BCUT2D eigenvalue weighted by molar-refractivity contribution is 14.1. The predicted molar refractivity (Wildman–Crippen MR) is 78.5 cm³/mol. The number of hydrogen-bond acceptors (Lipinski definition) is 3. The molecule has 0 amide bonds. The Labute approximate surface area is 120 Å². The Kier molecular flexibility index (Phi) is 5.06. The van der Waals surface area contributed by atoms with Crippen molar-refractivity contribution in [1.82, 2.24) is 0 Å². The predicted octanol–water partition coefficient (Wildman–Crippen LogP) is 3.70. The van der Waals surface area contributed by atoms with Crippen molar-refractivity contribution < 1.29 is 9.53 Å². The first-order valence-corrected chi connectivity index (χ1v) is 6.64. The fraction of sp³-hybridized carbons (Fsp3) is 0.417. The Morgan fingerprint density at radius 3 is 2.65 bits per heavy atom. The third kappa shape index (κ3) is 5.59. The second-order valence-corrected chi connectivity index (χ2v) is 6.22. The van der Waals surface area contributed by atoms with E-state index in [2.05, 4.69) is 27.9 Å². The van der Waals surface area contributed by atoms with E-state index >= 15 is 0 Å². The Hall–Kier alpha value is -0.490. The van der Waals surface area contributed by atoms with Gasteiger partial charge in [0, 0.05) is 3.57 Å². The van der Waals surface area contributed by atoms with Gasteiger partial charge in [-0.15, -0.1) is 0 Å². The maximum atomic E-state index is 11.5. The van der Waals surface area contributed by atoms with Crippen LogP contribution in [0.2, 0.25) is 5.02 Å². The Morgan fingerprint density at radius 1 is 1.47 bits per heavy atom. The molecule has 1 rings (SSSR count). The molecule has 5 heteroatoms. The van der Waals surface area contributed by atoms with Crippen LogP contribution in [0.5, 0.6) is 0 Å². The lowest BCUT2D eigenvalue weighted by molar-refractivity contribution is -0.152. The minimum absolute atomic E-state index is 0.109. The highest BCUT2D eigenvalue weighted by Gasteiger charge is 2.16. The summed E-state index contributed by atoms with van der Waals surface area (Å²) in [6.07, 6.45) is 0. The van der Waals surface area contributed by atoms with Crippen molar-refractivity contribution in [3.63, 3.8) is 0 Å². The average Bonchev–Trinajstić information content (AvgIpc) is 2.13. The van der Waals surface area contributed by atoms with Crippen LogP contribution in [-0.4, -0.2) is 18.1 Å². The molecule has 0 aliphatic rings. The molecule has 0 fully saturated rings. The molecule has 0 atom stereocenters. The van der Waals surface area contributed by atoms with Gasteiger partial charge >= 0.3 is 5.97 Å². The number of benzene rings is 1. The summed E-state index contributed by atoms with van der Waals surface area (Å²) in [7, 11) is 0. The monoisotopic (exact) mass is 367 g/mol. The van der Waals surface area contributed by atoms with E-state index in [9.17, 15) is 4.79 Å². The molecule has 1 aromatic carbocycles. The summed E-state index contributed by atoms with van der Waals surface area (Å²) in [5.41, 5.74) is 0.271. The van der Waals surface area contributed by atoms with Crippen molar-refractivity contribution in [3.8, 4) is 0 Å². The molecule has 0 spiro atoms. The summed E-state index contributed by atoms with van der Waals surface area (Å²) in [6.45, 7) is 5.62. The molecule has 3 nitrogen and oxygen atoms in total. The zero-order chi connectivity index (χ0) is 13.1. The number of esters is 1. The summed E-state index contributed by atoms with van der Waals surface area (Å²) >= 11 is 8.20. The molecule has 0 radical (unpaired) electrons. The van der Waals surface area contributed by atoms with Crippen LogP contribution in [0, 0.1) is 3.57 Å². The van der Waals surface area contributed by atoms with Crippen LogP contribution in [-0.2, 0) is 9.53 Å². The summed E-state index contributed by atoms with van der Waals surface area (Å²) in [4.78, 5) is 11.5. The maximum absolute atomic E-state index is 11.5. The van der Waals surface area contributed by atoms with Gasteiger partial charge in [-0.2, -0.15) is 0 Å². The van der Waals surface area contributed by atoms with E-state index in [1.54, 1.807) is 0 Å². The van der Waals surface area contributed by atoms with E-state index in [-0.39, 0.29) is 12.5 Å². The first kappa shape index (κ1) is 14.6. The van der Waals surface area contributed by atoms with Crippen molar-refractivity contribution in [1.29, 1.82) is 0 Å². The summed E-state index contributed by atoms with van der Waals surface area (Å²) in [6, 6.07) is 5.60. The molecule has 17 heavy (non-hydrogen) atoms. The van der Waals surface area contributed by atoms with Crippen LogP contribution >= 0.6 is 34.2 Å². The van der Waals surface area contributed by atoms with Gasteiger partial charge < -0.3 is 10.1 Å². The van der Waals surface area contributed by atoms with E-state index in [0.717, 1.165) is 9.26 Å². The van der Waals surface area contributed by atoms with Crippen molar-refractivity contribution in [3.05, 3.63) is 26.8 Å². The molecule has 0 saturated heterocycles. The number of anilines is 1. The van der Waals surface area contributed by atoms with Gasteiger partial charge in [0.05, 0.1) is 10.7 Å². The average molecular weight is 368 g/mol. The van der Waals surface area contributed by atoms with E-state index in [4.69, 9.17) is 16.3 Å². The van der Waals surface area contributed by atoms with Gasteiger partial charge in [-0.3, -0.25) is 4.79 Å². The fourth-order valence-electron chi connectivity index (χ4n) is 1.18. The first-order chi connectivity index (χ1) is 7.78. The lowest BCUT2D eigenvalue weighted by Gasteiger charge is -2.19. The van der Waals surface area contributed by atoms with Crippen molar-refractivity contribution in [2.75, 3.05) is 11.9 Å². The first-order valence-electron chi connectivity index (χ1n) is 5.19. The molecular weight excluding hydrogens is 352 g/mol. The second kappa shape index (κ2) is 5.91. The van der Waals surface area contributed by atoms with E-state index in [0.29, 0.717) is 5.02 Å². The maximum Gasteiger partial charge on any atom is 0.325 e. The highest BCUT2D eigenvalue weighted by atomic mass is 127. The zero-order valence-electron chi connectivity index (χ0n) is 10.0. The molecule has 0 bridgehead atoms. The van der Waals surface area contributed by atoms with Gasteiger partial charge in [0.2, 0.25) is 0 Å². The van der Waals surface area contributed by atoms with Gasteiger partial charge in [0.1, 0.15) is 12.1 Å². The van der Waals surface area contributed by atoms with Crippen LogP contribution in [0.15, 0.2) is 18.2 Å². The lowest BCUT2D eigenvalue weighted by atomic mass is 10.2. The third-order valence-corrected chi connectivity index (χ3v) is 2.76. The zero-order valence-corrected chi connectivity index (χ0v) is 12.9. The molecule has 0 aliphatic carbocycles. The smallest absolute Gasteiger partial charge is 0.325 e. The topological polar surface area (TPSA) is 38.3 Å². The highest BCUT2D eigenvalue weighted by Crippen LogP contribution is 2.23. The number of carbonyl (C=O) groups is 1. The summed E-state index contributed by atoms with van der Waals surface area (Å²) in [5.74, 6) is -0.299. The Balaban J connectivity index is 2.53. The van der Waals surface area contributed by atoms with Gasteiger partial charge in [0.15, 0.2) is 0 Å². The molecule has 0 aromatic heterocycles. The number of rotatable bonds is 3. The van der Waals surface area contributed by atoms with E-state index in [1.165, 1.54) is 0 Å². The minimum Gasteiger partial charge on any atom is -0.459 e. The third-order valence-electron chi connectivity index (χ3n) is 1.77. The standard InChI is InChI=1S/C12H15ClINO2/c1-12(2,3)17-11(16)7-15-10-5-4-8(14)6-9(10)13/h4-6,15H,7H2,1-3H3. The normalized spacial score (nSPS) is 11.1.